The van der Waals surface area contributed by atoms with E-state index < -0.39 is 6.10 Å². The van der Waals surface area contributed by atoms with Crippen LogP contribution in [0, 0.1) is 5.82 Å². The third-order valence-corrected chi connectivity index (χ3v) is 6.59. The van der Waals surface area contributed by atoms with Crippen molar-refractivity contribution in [3.05, 3.63) is 65.5 Å². The zero-order valence-corrected chi connectivity index (χ0v) is 17.3. The van der Waals surface area contributed by atoms with Gasteiger partial charge in [-0.25, -0.2) is 4.39 Å². The van der Waals surface area contributed by atoms with Crippen LogP contribution in [0.25, 0.3) is 0 Å². The number of likely N-dealkylation sites (tertiary alicyclic amines) is 2. The second-order valence-electron chi connectivity index (χ2n) is 8.31. The van der Waals surface area contributed by atoms with Gasteiger partial charge in [-0.15, -0.1) is 0 Å². The van der Waals surface area contributed by atoms with Crippen LogP contribution in [0.3, 0.4) is 0 Å². The molecule has 160 valence electrons. The fraction of sp³-hybridized carbons (Fsp3) is 0.458. The number of rotatable bonds is 6. The molecule has 1 N–H and O–H groups in total. The van der Waals surface area contributed by atoms with Gasteiger partial charge in [-0.1, -0.05) is 24.3 Å². The number of aldehydes is 1. The number of β-amino-alcohol motifs (C(OH)–C–C–N with tert-alkyl or cyclic N) is 1. The second-order valence-corrected chi connectivity index (χ2v) is 8.31. The van der Waals surface area contributed by atoms with Crippen molar-refractivity contribution in [2.45, 2.75) is 43.5 Å². The lowest BCUT2D eigenvalue weighted by Crippen LogP contribution is -2.52. The maximum atomic E-state index is 13.2. The fourth-order valence-electron chi connectivity index (χ4n) is 4.94. The molecule has 2 fully saturated rings. The van der Waals surface area contributed by atoms with Crippen molar-refractivity contribution < 1.29 is 19.0 Å². The molecule has 2 aliphatic rings. The Morgan fingerprint density at radius 2 is 1.83 bits per heavy atom. The lowest BCUT2D eigenvalue weighted by Gasteiger charge is -2.41. The predicted molar refractivity (Wildman–Crippen MR) is 113 cm³/mol. The average Bonchev–Trinajstić information content (AvgIpc) is 3.18. The van der Waals surface area contributed by atoms with Crippen LogP contribution in [-0.2, 0) is 11.3 Å². The molecule has 30 heavy (non-hydrogen) atoms. The summed E-state index contributed by atoms with van der Waals surface area (Å²) < 4.78 is 18.4. The highest BCUT2D eigenvalue weighted by Crippen LogP contribution is 2.33. The zero-order valence-electron chi connectivity index (χ0n) is 17.3. The summed E-state index contributed by atoms with van der Waals surface area (Å²) in [6, 6.07) is 14.3. The first-order valence-electron chi connectivity index (χ1n) is 10.6. The number of carbonyl (C=O) groups excluding carboxylic acids is 1. The van der Waals surface area contributed by atoms with Crippen LogP contribution in [-0.4, -0.2) is 66.1 Å². The molecule has 0 aromatic heterocycles. The number of nitrogens with zero attached hydrogens (tertiary/aromatic N) is 2. The maximum Gasteiger partial charge on any atom is 0.138 e. The molecule has 5 nitrogen and oxygen atoms in total. The average molecular weight is 413 g/mol. The van der Waals surface area contributed by atoms with Gasteiger partial charge < -0.3 is 14.6 Å². The molecule has 6 heteroatoms. The molecular weight excluding hydrogens is 383 g/mol. The molecule has 0 spiro atoms. The molecule has 4 rings (SSSR count). The number of piperidine rings is 1. The second kappa shape index (κ2) is 9.25. The lowest BCUT2D eigenvalue weighted by atomic mass is 9.86. The maximum absolute atomic E-state index is 13.2. The molecule has 2 heterocycles. The van der Waals surface area contributed by atoms with E-state index in [1.54, 1.807) is 19.2 Å². The van der Waals surface area contributed by atoms with Crippen molar-refractivity contribution in [3.63, 3.8) is 0 Å². The van der Waals surface area contributed by atoms with E-state index in [0.717, 1.165) is 49.1 Å². The third-order valence-electron chi connectivity index (χ3n) is 6.59. The normalized spacial score (nSPS) is 27.8. The molecule has 0 amide bonds. The first-order valence-corrected chi connectivity index (χ1v) is 10.6. The van der Waals surface area contributed by atoms with Crippen molar-refractivity contribution in [3.8, 4) is 5.75 Å². The highest BCUT2D eigenvalue weighted by atomic mass is 19.1. The van der Waals surface area contributed by atoms with Gasteiger partial charge in [0, 0.05) is 31.6 Å². The molecule has 2 saturated heterocycles. The van der Waals surface area contributed by atoms with E-state index in [4.69, 9.17) is 4.74 Å². The molecule has 0 radical (unpaired) electrons. The summed E-state index contributed by atoms with van der Waals surface area (Å²) in [5.41, 5.74) is 2.13. The van der Waals surface area contributed by atoms with E-state index >= 15 is 0 Å². The number of benzene rings is 2. The highest BCUT2D eigenvalue weighted by Gasteiger charge is 2.40. The summed E-state index contributed by atoms with van der Waals surface area (Å²) in [4.78, 5) is 16.4. The third kappa shape index (κ3) is 4.41. The van der Waals surface area contributed by atoms with Crippen molar-refractivity contribution in [1.82, 2.24) is 9.80 Å². The Morgan fingerprint density at radius 3 is 2.47 bits per heavy atom. The largest absolute Gasteiger partial charge is 0.497 e. The summed E-state index contributed by atoms with van der Waals surface area (Å²) in [6.07, 6.45) is 2.31. The van der Waals surface area contributed by atoms with E-state index in [2.05, 4.69) is 9.80 Å². The first-order chi connectivity index (χ1) is 14.6. The Hall–Kier alpha value is -2.28. The van der Waals surface area contributed by atoms with Gasteiger partial charge >= 0.3 is 0 Å². The predicted octanol–water partition coefficient (Wildman–Crippen LogP) is 2.83. The number of carbonyl (C=O) groups is 1. The summed E-state index contributed by atoms with van der Waals surface area (Å²) in [5.74, 6) is 0.656. The number of ether oxygens (including phenoxy) is 1. The monoisotopic (exact) mass is 412 g/mol. The van der Waals surface area contributed by atoms with Crippen molar-refractivity contribution in [2.75, 3.05) is 26.7 Å². The van der Waals surface area contributed by atoms with Gasteiger partial charge in [0.2, 0.25) is 0 Å². The molecule has 2 aromatic rings. The number of aliphatic hydroxyl groups is 1. The number of hydrogen-bond donors (Lipinski definition) is 1. The minimum atomic E-state index is -0.467. The van der Waals surface area contributed by atoms with Gasteiger partial charge in [0.15, 0.2) is 0 Å². The molecule has 2 aromatic carbocycles. The Labute approximate surface area is 177 Å². The summed E-state index contributed by atoms with van der Waals surface area (Å²) >= 11 is 0. The van der Waals surface area contributed by atoms with Crippen LogP contribution in [0.1, 0.15) is 29.9 Å². The van der Waals surface area contributed by atoms with E-state index in [9.17, 15) is 14.3 Å². The van der Waals surface area contributed by atoms with Crippen LogP contribution in [0.15, 0.2) is 48.5 Å². The van der Waals surface area contributed by atoms with Gasteiger partial charge in [-0.05, 0) is 54.8 Å². The lowest BCUT2D eigenvalue weighted by molar-refractivity contribution is -0.113. The molecular formula is C24H29FN2O3. The van der Waals surface area contributed by atoms with Gasteiger partial charge in [-0.2, -0.15) is 0 Å². The molecule has 0 saturated carbocycles. The van der Waals surface area contributed by atoms with Crippen molar-refractivity contribution >= 4 is 6.29 Å². The number of halogens is 1. The van der Waals surface area contributed by atoms with Crippen LogP contribution in [0.5, 0.6) is 5.75 Å². The Bertz CT molecular complexity index is 843. The van der Waals surface area contributed by atoms with Crippen molar-refractivity contribution in [2.24, 2.45) is 0 Å². The van der Waals surface area contributed by atoms with Crippen LogP contribution in [0.4, 0.5) is 4.39 Å². The van der Waals surface area contributed by atoms with Gasteiger partial charge in [0.25, 0.3) is 0 Å². The minimum absolute atomic E-state index is 0.0959. The van der Waals surface area contributed by atoms with E-state index in [1.807, 2.05) is 24.3 Å². The van der Waals surface area contributed by atoms with Crippen LogP contribution < -0.4 is 4.74 Å². The smallest absolute Gasteiger partial charge is 0.138 e. The standard InChI is InChI=1S/C24H29FN2O3/c1-30-20-8-4-18(5-9-20)21-10-12-27(15-24(21)29)22-11-13-26(23(22)16-28)14-17-2-6-19(25)7-3-17/h2-9,16,21-24,29H,10-15H2,1H3/t21-,22+,23?,24+/m0/s1. The Balaban J connectivity index is 1.39. The fourth-order valence-corrected chi connectivity index (χ4v) is 4.94. The number of methoxy groups -OCH3 is 1. The topological polar surface area (TPSA) is 53.0 Å². The molecule has 1 unspecified atom stereocenters. The van der Waals surface area contributed by atoms with Crippen LogP contribution in [0.2, 0.25) is 0 Å². The first kappa shape index (κ1) is 21.0. The Kier molecular flexibility index (Phi) is 6.46. The van der Waals surface area contributed by atoms with E-state index in [-0.39, 0.29) is 23.8 Å². The van der Waals surface area contributed by atoms with E-state index in [0.29, 0.717) is 13.1 Å². The minimum Gasteiger partial charge on any atom is -0.497 e. The van der Waals surface area contributed by atoms with Gasteiger partial charge in [0.1, 0.15) is 17.9 Å². The van der Waals surface area contributed by atoms with E-state index in [1.165, 1.54) is 12.1 Å². The van der Waals surface area contributed by atoms with Crippen molar-refractivity contribution in [1.29, 1.82) is 0 Å². The summed E-state index contributed by atoms with van der Waals surface area (Å²) in [7, 11) is 1.65. The number of hydrogen-bond acceptors (Lipinski definition) is 5. The number of aliphatic hydroxyl groups excluding tert-OH is 1. The quantitative estimate of drug-likeness (QED) is 0.740. The SMILES string of the molecule is COc1ccc([C@@H]2CCN([C@@H]3CCN(Cc4ccc(F)cc4)C3C=O)C[C@H]2O)cc1. The van der Waals surface area contributed by atoms with Gasteiger partial charge in [-0.3, -0.25) is 9.80 Å². The summed E-state index contributed by atoms with van der Waals surface area (Å²) in [5, 5.41) is 10.9. The summed E-state index contributed by atoms with van der Waals surface area (Å²) in [6.45, 7) is 2.87. The Morgan fingerprint density at radius 1 is 1.10 bits per heavy atom. The molecule has 2 aliphatic heterocycles. The molecule has 0 bridgehead atoms. The van der Waals surface area contributed by atoms with Crippen LogP contribution >= 0.6 is 0 Å². The molecule has 4 atom stereocenters. The highest BCUT2D eigenvalue weighted by molar-refractivity contribution is 5.60. The zero-order chi connectivity index (χ0) is 21.1. The van der Waals surface area contributed by atoms with Gasteiger partial charge in [0.05, 0.1) is 19.3 Å². The molecule has 0 aliphatic carbocycles.